The summed E-state index contributed by atoms with van der Waals surface area (Å²) in [5, 5.41) is 8.90. The van der Waals surface area contributed by atoms with Crippen molar-refractivity contribution in [2.24, 2.45) is 11.3 Å². The molecule has 0 saturated heterocycles. The van der Waals surface area contributed by atoms with Gasteiger partial charge in [-0.05, 0) is 43.9 Å². The summed E-state index contributed by atoms with van der Waals surface area (Å²) >= 11 is 0. The molecule has 3 heteroatoms. The molecule has 0 bridgehead atoms. The van der Waals surface area contributed by atoms with Crippen molar-refractivity contribution in [3.05, 3.63) is 0 Å². The van der Waals surface area contributed by atoms with Gasteiger partial charge >= 0.3 is 0 Å². The second-order valence-corrected chi connectivity index (χ2v) is 5.88. The molecule has 0 aromatic heterocycles. The fourth-order valence-electron chi connectivity index (χ4n) is 2.68. The second-order valence-electron chi connectivity index (χ2n) is 5.88. The van der Waals surface area contributed by atoms with Gasteiger partial charge in [-0.2, -0.15) is 5.26 Å². The summed E-state index contributed by atoms with van der Waals surface area (Å²) in [6.07, 6.45) is 5.97. The highest BCUT2D eigenvalue weighted by Gasteiger charge is 2.45. The molecule has 0 N–H and O–H groups in total. The van der Waals surface area contributed by atoms with Crippen LogP contribution in [0.2, 0.25) is 0 Å². The Morgan fingerprint density at radius 1 is 1.47 bits per heavy atom. The Labute approximate surface area is 105 Å². The van der Waals surface area contributed by atoms with Crippen molar-refractivity contribution in [3.63, 3.8) is 0 Å². The van der Waals surface area contributed by atoms with Crippen molar-refractivity contribution in [2.45, 2.75) is 45.1 Å². The molecular formula is C14H24N2O. The maximum absolute atomic E-state index is 8.90. The maximum Gasteiger partial charge on any atom is 0.0628 e. The predicted molar refractivity (Wildman–Crippen MR) is 67.5 cm³/mol. The van der Waals surface area contributed by atoms with E-state index in [0.717, 1.165) is 32.0 Å². The van der Waals surface area contributed by atoms with Crippen LogP contribution < -0.4 is 0 Å². The van der Waals surface area contributed by atoms with Crippen molar-refractivity contribution in [3.8, 4) is 6.07 Å². The lowest BCUT2D eigenvalue weighted by Crippen LogP contribution is -2.41. The Hall–Kier alpha value is -0.590. The summed E-state index contributed by atoms with van der Waals surface area (Å²) in [5.41, 5.74) is 0.325. The van der Waals surface area contributed by atoms with Gasteiger partial charge in [0, 0.05) is 32.7 Å². The van der Waals surface area contributed by atoms with Gasteiger partial charge in [0.2, 0.25) is 0 Å². The second kappa shape index (κ2) is 5.37. The van der Waals surface area contributed by atoms with E-state index in [0.29, 0.717) is 11.5 Å². The summed E-state index contributed by atoms with van der Waals surface area (Å²) in [5.74, 6) is 0.893. The van der Waals surface area contributed by atoms with Crippen LogP contribution in [-0.4, -0.2) is 37.7 Å². The zero-order valence-corrected chi connectivity index (χ0v) is 11.1. The predicted octanol–water partition coefficient (Wildman–Crippen LogP) is 2.43. The minimum absolute atomic E-state index is 0.325. The van der Waals surface area contributed by atoms with Crippen molar-refractivity contribution in [1.82, 2.24) is 4.90 Å². The zero-order valence-electron chi connectivity index (χ0n) is 11.1. The van der Waals surface area contributed by atoms with Crippen LogP contribution in [0.5, 0.6) is 0 Å². The number of hydrogen-bond acceptors (Lipinski definition) is 3. The standard InChI is InChI=1S/C14H24N2O/c1-12(13-3-4-13)16(9-10-17-2)11-14(5-6-14)7-8-15/h12-13H,3-7,9-11H2,1-2H3. The Kier molecular flexibility index (Phi) is 4.06. The van der Waals surface area contributed by atoms with Gasteiger partial charge in [0.05, 0.1) is 12.7 Å². The van der Waals surface area contributed by atoms with Gasteiger partial charge in [0.15, 0.2) is 0 Å². The summed E-state index contributed by atoms with van der Waals surface area (Å²) in [4.78, 5) is 2.56. The summed E-state index contributed by atoms with van der Waals surface area (Å²) < 4.78 is 5.21. The Morgan fingerprint density at radius 2 is 2.18 bits per heavy atom. The number of methoxy groups -OCH3 is 1. The van der Waals surface area contributed by atoms with Gasteiger partial charge in [0.25, 0.3) is 0 Å². The van der Waals surface area contributed by atoms with Crippen LogP contribution in [-0.2, 0) is 4.74 Å². The molecule has 0 aromatic carbocycles. The molecule has 1 atom stereocenters. The lowest BCUT2D eigenvalue weighted by Gasteiger charge is -2.32. The first-order valence-corrected chi connectivity index (χ1v) is 6.81. The molecule has 2 saturated carbocycles. The molecule has 0 amide bonds. The van der Waals surface area contributed by atoms with Gasteiger partial charge in [-0.15, -0.1) is 0 Å². The SMILES string of the molecule is COCCN(CC1(CC#N)CC1)C(C)C1CC1. The third-order valence-corrected chi connectivity index (χ3v) is 4.41. The van der Waals surface area contributed by atoms with E-state index in [1.807, 2.05) is 0 Å². The number of hydrogen-bond donors (Lipinski definition) is 0. The molecule has 0 aromatic rings. The number of rotatable bonds is 8. The molecule has 2 aliphatic carbocycles. The van der Waals surface area contributed by atoms with Crippen molar-refractivity contribution in [2.75, 3.05) is 26.8 Å². The fraction of sp³-hybridized carbons (Fsp3) is 0.929. The lowest BCUT2D eigenvalue weighted by atomic mass is 10.0. The molecule has 0 aliphatic heterocycles. The molecule has 1 unspecified atom stereocenters. The first-order valence-electron chi connectivity index (χ1n) is 6.81. The van der Waals surface area contributed by atoms with E-state index < -0.39 is 0 Å². The van der Waals surface area contributed by atoms with E-state index in [1.165, 1.54) is 25.7 Å². The highest BCUT2D eigenvalue weighted by molar-refractivity contribution is 5.02. The first-order chi connectivity index (χ1) is 8.21. The number of nitrogens with zero attached hydrogens (tertiary/aromatic N) is 2. The van der Waals surface area contributed by atoms with Crippen LogP contribution in [0.25, 0.3) is 0 Å². The minimum atomic E-state index is 0.325. The molecule has 0 spiro atoms. The monoisotopic (exact) mass is 236 g/mol. The molecule has 0 radical (unpaired) electrons. The third-order valence-electron chi connectivity index (χ3n) is 4.41. The average Bonchev–Trinajstić information content (AvgIpc) is 3.19. The van der Waals surface area contributed by atoms with E-state index in [2.05, 4.69) is 17.9 Å². The fourth-order valence-corrected chi connectivity index (χ4v) is 2.68. The Bertz CT molecular complexity index is 289. The average molecular weight is 236 g/mol. The van der Waals surface area contributed by atoms with Crippen LogP contribution in [0.4, 0.5) is 0 Å². The molecule has 3 nitrogen and oxygen atoms in total. The maximum atomic E-state index is 8.90. The van der Waals surface area contributed by atoms with Crippen molar-refractivity contribution < 1.29 is 4.74 Å². The van der Waals surface area contributed by atoms with Crippen molar-refractivity contribution in [1.29, 1.82) is 5.26 Å². The summed E-state index contributed by atoms with van der Waals surface area (Å²) in [6.45, 7) is 5.26. The van der Waals surface area contributed by atoms with Crippen LogP contribution in [0, 0.1) is 22.7 Å². The molecular weight excluding hydrogens is 212 g/mol. The van der Waals surface area contributed by atoms with Gasteiger partial charge in [0.1, 0.15) is 0 Å². The van der Waals surface area contributed by atoms with Crippen molar-refractivity contribution >= 4 is 0 Å². The highest BCUT2D eigenvalue weighted by atomic mass is 16.5. The topological polar surface area (TPSA) is 36.3 Å². The van der Waals surface area contributed by atoms with E-state index in [9.17, 15) is 0 Å². The quantitative estimate of drug-likeness (QED) is 0.649. The van der Waals surface area contributed by atoms with E-state index in [1.54, 1.807) is 7.11 Å². The van der Waals surface area contributed by atoms with Crippen LogP contribution in [0.1, 0.15) is 39.0 Å². The number of ether oxygens (including phenoxy) is 1. The number of nitriles is 1. The zero-order chi connectivity index (χ0) is 12.3. The van der Waals surface area contributed by atoms with E-state index >= 15 is 0 Å². The summed E-state index contributed by atoms with van der Waals surface area (Å²) in [7, 11) is 1.77. The smallest absolute Gasteiger partial charge is 0.0628 e. The normalized spacial score (nSPS) is 23.4. The lowest BCUT2D eigenvalue weighted by molar-refractivity contribution is 0.0992. The van der Waals surface area contributed by atoms with E-state index in [-0.39, 0.29) is 0 Å². The Balaban J connectivity index is 1.88. The largest absolute Gasteiger partial charge is 0.383 e. The van der Waals surface area contributed by atoms with Crippen LogP contribution in [0.15, 0.2) is 0 Å². The van der Waals surface area contributed by atoms with Crippen LogP contribution >= 0.6 is 0 Å². The molecule has 0 heterocycles. The highest BCUT2D eigenvalue weighted by Crippen LogP contribution is 2.50. The van der Waals surface area contributed by atoms with Crippen LogP contribution in [0.3, 0.4) is 0 Å². The van der Waals surface area contributed by atoms with Gasteiger partial charge < -0.3 is 4.74 Å². The minimum Gasteiger partial charge on any atom is -0.383 e. The molecule has 2 rings (SSSR count). The first kappa shape index (κ1) is 12.9. The molecule has 96 valence electrons. The molecule has 2 aliphatic rings. The molecule has 2 fully saturated rings. The van der Waals surface area contributed by atoms with Gasteiger partial charge in [-0.3, -0.25) is 4.90 Å². The molecule has 17 heavy (non-hydrogen) atoms. The summed E-state index contributed by atoms with van der Waals surface area (Å²) in [6, 6.07) is 3.03. The van der Waals surface area contributed by atoms with Gasteiger partial charge in [-0.1, -0.05) is 0 Å². The van der Waals surface area contributed by atoms with E-state index in [4.69, 9.17) is 10.00 Å². The third kappa shape index (κ3) is 3.43. The van der Waals surface area contributed by atoms with Gasteiger partial charge in [-0.25, -0.2) is 0 Å². The Morgan fingerprint density at radius 3 is 2.65 bits per heavy atom.